The standard InChI is InChI=1S/C11H11ClF3NO/c12-10-7-9(17-11(13,14)15)5-4-8(10)3-1-2-6-16/h1,3-5,7H,2,6,16H2. The smallest absolute Gasteiger partial charge is 0.406 e. The highest BCUT2D eigenvalue weighted by atomic mass is 35.5. The molecule has 2 nitrogen and oxygen atoms in total. The van der Waals surface area contributed by atoms with Crippen LogP contribution in [0, 0.1) is 0 Å². The van der Waals surface area contributed by atoms with Crippen molar-refractivity contribution in [3.63, 3.8) is 0 Å². The summed E-state index contributed by atoms with van der Waals surface area (Å²) in [5, 5.41) is 0.194. The first-order valence-electron chi connectivity index (χ1n) is 4.84. The number of benzene rings is 1. The van der Waals surface area contributed by atoms with E-state index in [1.807, 2.05) is 0 Å². The molecule has 2 N–H and O–H groups in total. The van der Waals surface area contributed by atoms with Crippen LogP contribution in [0.4, 0.5) is 13.2 Å². The van der Waals surface area contributed by atoms with E-state index in [0.29, 0.717) is 18.5 Å². The predicted molar refractivity (Wildman–Crippen MR) is 60.8 cm³/mol. The lowest BCUT2D eigenvalue weighted by molar-refractivity contribution is -0.274. The molecule has 0 spiro atoms. The van der Waals surface area contributed by atoms with E-state index in [1.165, 1.54) is 12.1 Å². The van der Waals surface area contributed by atoms with Crippen LogP contribution < -0.4 is 10.5 Å². The van der Waals surface area contributed by atoms with Crippen molar-refractivity contribution in [3.05, 3.63) is 34.9 Å². The van der Waals surface area contributed by atoms with E-state index in [4.69, 9.17) is 17.3 Å². The largest absolute Gasteiger partial charge is 0.573 e. The molecule has 0 aromatic heterocycles. The molecule has 6 heteroatoms. The van der Waals surface area contributed by atoms with Crippen LogP contribution in [0.5, 0.6) is 5.75 Å². The fourth-order valence-corrected chi connectivity index (χ4v) is 1.38. The predicted octanol–water partition coefficient (Wildman–Crippen LogP) is 3.60. The Morgan fingerprint density at radius 2 is 2.06 bits per heavy atom. The van der Waals surface area contributed by atoms with Gasteiger partial charge in [-0.05, 0) is 36.7 Å². The quantitative estimate of drug-likeness (QED) is 0.903. The maximum Gasteiger partial charge on any atom is 0.573 e. The second-order valence-corrected chi connectivity index (χ2v) is 3.62. The Bertz CT molecular complexity index is 404. The van der Waals surface area contributed by atoms with Gasteiger partial charge in [-0.3, -0.25) is 0 Å². The Morgan fingerprint density at radius 3 is 2.59 bits per heavy atom. The Hall–Kier alpha value is -1.20. The lowest BCUT2D eigenvalue weighted by Crippen LogP contribution is -2.17. The van der Waals surface area contributed by atoms with Crippen LogP contribution in [-0.2, 0) is 0 Å². The molecule has 1 aromatic carbocycles. The maximum atomic E-state index is 11.9. The molecule has 0 saturated heterocycles. The van der Waals surface area contributed by atoms with E-state index in [-0.39, 0.29) is 10.8 Å². The Morgan fingerprint density at radius 1 is 1.35 bits per heavy atom. The third kappa shape index (κ3) is 5.10. The lowest BCUT2D eigenvalue weighted by Gasteiger charge is -2.09. The Labute approximate surface area is 102 Å². The van der Waals surface area contributed by atoms with Crippen molar-refractivity contribution in [2.75, 3.05) is 6.54 Å². The van der Waals surface area contributed by atoms with Crippen LogP contribution in [0.1, 0.15) is 12.0 Å². The van der Waals surface area contributed by atoms with Crippen molar-refractivity contribution in [2.24, 2.45) is 5.73 Å². The molecule has 0 aliphatic heterocycles. The molecule has 0 aliphatic rings. The highest BCUT2D eigenvalue weighted by Gasteiger charge is 2.31. The number of alkyl halides is 3. The highest BCUT2D eigenvalue weighted by molar-refractivity contribution is 6.32. The van der Waals surface area contributed by atoms with Crippen molar-refractivity contribution in [2.45, 2.75) is 12.8 Å². The molecule has 17 heavy (non-hydrogen) atoms. The normalized spacial score (nSPS) is 12.1. The summed E-state index contributed by atoms with van der Waals surface area (Å²) in [6.45, 7) is 0.503. The summed E-state index contributed by atoms with van der Waals surface area (Å²) in [4.78, 5) is 0. The zero-order valence-corrected chi connectivity index (χ0v) is 9.55. The second kappa shape index (κ2) is 5.93. The van der Waals surface area contributed by atoms with Crippen molar-refractivity contribution in [1.29, 1.82) is 0 Å². The summed E-state index contributed by atoms with van der Waals surface area (Å²) in [6, 6.07) is 3.79. The monoisotopic (exact) mass is 265 g/mol. The van der Waals surface area contributed by atoms with Crippen LogP contribution >= 0.6 is 11.6 Å². The van der Waals surface area contributed by atoms with Crippen molar-refractivity contribution < 1.29 is 17.9 Å². The van der Waals surface area contributed by atoms with Gasteiger partial charge in [-0.15, -0.1) is 13.2 Å². The SMILES string of the molecule is NCCC=Cc1ccc(OC(F)(F)F)cc1Cl. The van der Waals surface area contributed by atoms with E-state index in [0.717, 1.165) is 6.07 Å². The average Bonchev–Trinajstić information content (AvgIpc) is 2.19. The van der Waals surface area contributed by atoms with E-state index in [1.54, 1.807) is 12.2 Å². The van der Waals surface area contributed by atoms with Crippen LogP contribution in [0.3, 0.4) is 0 Å². The summed E-state index contributed by atoms with van der Waals surface area (Å²) in [5.41, 5.74) is 5.92. The van der Waals surface area contributed by atoms with Gasteiger partial charge in [0.2, 0.25) is 0 Å². The van der Waals surface area contributed by atoms with Crippen LogP contribution in [-0.4, -0.2) is 12.9 Å². The van der Waals surface area contributed by atoms with E-state index < -0.39 is 6.36 Å². The zero-order chi connectivity index (χ0) is 12.9. The molecule has 0 bridgehead atoms. The molecule has 94 valence electrons. The van der Waals surface area contributed by atoms with E-state index in [2.05, 4.69) is 4.74 Å². The van der Waals surface area contributed by atoms with Gasteiger partial charge >= 0.3 is 6.36 Å². The van der Waals surface area contributed by atoms with Crippen LogP contribution in [0.15, 0.2) is 24.3 Å². The molecular weight excluding hydrogens is 255 g/mol. The number of rotatable bonds is 4. The molecule has 0 heterocycles. The summed E-state index contributed by atoms with van der Waals surface area (Å²) in [5.74, 6) is -0.335. The average molecular weight is 266 g/mol. The van der Waals surface area contributed by atoms with Gasteiger partial charge in [-0.25, -0.2) is 0 Å². The van der Waals surface area contributed by atoms with Gasteiger partial charge in [0.1, 0.15) is 5.75 Å². The number of hydrogen-bond acceptors (Lipinski definition) is 2. The van der Waals surface area contributed by atoms with Gasteiger partial charge in [-0.2, -0.15) is 0 Å². The number of ether oxygens (including phenoxy) is 1. The minimum absolute atomic E-state index is 0.194. The van der Waals surface area contributed by atoms with Gasteiger partial charge in [-0.1, -0.05) is 23.8 Å². The van der Waals surface area contributed by atoms with Gasteiger partial charge in [0.05, 0.1) is 5.02 Å². The summed E-state index contributed by atoms with van der Waals surface area (Å²) in [6.07, 6.45) is -0.532. The number of hydrogen-bond donors (Lipinski definition) is 1. The summed E-state index contributed by atoms with van der Waals surface area (Å²) >= 11 is 5.81. The van der Waals surface area contributed by atoms with Gasteiger partial charge in [0.25, 0.3) is 0 Å². The van der Waals surface area contributed by atoms with Gasteiger partial charge in [0.15, 0.2) is 0 Å². The van der Waals surface area contributed by atoms with E-state index >= 15 is 0 Å². The first-order valence-corrected chi connectivity index (χ1v) is 5.22. The molecule has 0 aliphatic carbocycles. The molecule has 0 amide bonds. The topological polar surface area (TPSA) is 35.2 Å². The summed E-state index contributed by atoms with van der Waals surface area (Å²) < 4.78 is 39.5. The van der Waals surface area contributed by atoms with Crippen molar-refractivity contribution in [1.82, 2.24) is 0 Å². The fourth-order valence-electron chi connectivity index (χ4n) is 1.15. The molecule has 0 atom stereocenters. The third-order valence-corrected chi connectivity index (χ3v) is 2.16. The fraction of sp³-hybridized carbons (Fsp3) is 0.273. The minimum atomic E-state index is -4.71. The van der Waals surface area contributed by atoms with Crippen molar-refractivity contribution in [3.8, 4) is 5.75 Å². The second-order valence-electron chi connectivity index (χ2n) is 3.21. The first-order chi connectivity index (χ1) is 7.92. The number of nitrogens with two attached hydrogens (primary N) is 1. The molecule has 0 saturated carbocycles. The first kappa shape index (κ1) is 13.9. The van der Waals surface area contributed by atoms with Gasteiger partial charge < -0.3 is 10.5 Å². The molecule has 0 fully saturated rings. The Kier molecular flexibility index (Phi) is 4.84. The number of halogens is 4. The van der Waals surface area contributed by atoms with Crippen LogP contribution in [0.25, 0.3) is 6.08 Å². The third-order valence-electron chi connectivity index (χ3n) is 1.84. The highest BCUT2D eigenvalue weighted by Crippen LogP contribution is 2.28. The molecule has 0 radical (unpaired) electrons. The van der Waals surface area contributed by atoms with Crippen LogP contribution in [0.2, 0.25) is 5.02 Å². The zero-order valence-electron chi connectivity index (χ0n) is 8.80. The molecule has 1 rings (SSSR count). The Balaban J connectivity index is 2.79. The summed E-state index contributed by atoms with van der Waals surface area (Å²) in [7, 11) is 0. The van der Waals surface area contributed by atoms with E-state index in [9.17, 15) is 13.2 Å². The molecular formula is C11H11ClF3NO. The minimum Gasteiger partial charge on any atom is -0.406 e. The van der Waals surface area contributed by atoms with Crippen molar-refractivity contribution >= 4 is 17.7 Å². The lowest BCUT2D eigenvalue weighted by atomic mass is 10.2. The maximum absolute atomic E-state index is 11.9. The van der Waals surface area contributed by atoms with Gasteiger partial charge in [0, 0.05) is 0 Å². The molecule has 0 unspecified atom stereocenters. The molecule has 1 aromatic rings.